The van der Waals surface area contributed by atoms with Crippen LogP contribution in [0, 0.1) is 17.0 Å². The molecule has 0 saturated carbocycles. The summed E-state index contributed by atoms with van der Waals surface area (Å²) in [4.78, 5) is 10.4. The number of rotatable bonds is 4. The van der Waals surface area contributed by atoms with E-state index in [1.54, 1.807) is 24.4 Å². The van der Waals surface area contributed by atoms with E-state index in [2.05, 4.69) is 10.5 Å². The van der Waals surface area contributed by atoms with Gasteiger partial charge in [0, 0.05) is 6.07 Å². The third-order valence-electron chi connectivity index (χ3n) is 2.54. The maximum atomic E-state index is 10.8. The fraction of sp³-hybridized carbons (Fsp3) is 0.0714. The number of hydrogen-bond acceptors (Lipinski definition) is 4. The second-order valence-corrected chi connectivity index (χ2v) is 4.06. The summed E-state index contributed by atoms with van der Waals surface area (Å²) in [5.74, 6) is 0. The van der Waals surface area contributed by atoms with Crippen molar-refractivity contribution in [2.75, 3.05) is 5.43 Å². The van der Waals surface area contributed by atoms with E-state index in [9.17, 15) is 10.1 Å². The molecule has 0 spiro atoms. The maximum Gasteiger partial charge on any atom is 0.294 e. The molecule has 0 aliphatic rings. The molecule has 0 aromatic heterocycles. The zero-order valence-electron chi connectivity index (χ0n) is 10.4. The van der Waals surface area contributed by atoms with Crippen molar-refractivity contribution in [1.82, 2.24) is 0 Å². The number of nitro benzene ring substituents is 1. The van der Waals surface area contributed by atoms with Gasteiger partial charge >= 0.3 is 0 Å². The zero-order chi connectivity index (χ0) is 13.7. The monoisotopic (exact) mass is 255 g/mol. The highest BCUT2D eigenvalue weighted by Gasteiger charge is 2.10. The Morgan fingerprint density at radius 3 is 2.74 bits per heavy atom. The molecule has 0 radical (unpaired) electrons. The molecule has 0 atom stereocenters. The second kappa shape index (κ2) is 5.77. The van der Waals surface area contributed by atoms with E-state index in [0.29, 0.717) is 5.69 Å². The zero-order valence-corrected chi connectivity index (χ0v) is 10.4. The Morgan fingerprint density at radius 1 is 1.21 bits per heavy atom. The molecule has 0 aliphatic carbocycles. The van der Waals surface area contributed by atoms with Gasteiger partial charge in [0.2, 0.25) is 0 Å². The fourth-order valence-corrected chi connectivity index (χ4v) is 1.65. The summed E-state index contributed by atoms with van der Waals surface area (Å²) >= 11 is 0. The normalized spacial score (nSPS) is 10.6. The molecule has 0 bridgehead atoms. The van der Waals surface area contributed by atoms with Gasteiger partial charge in [-0.2, -0.15) is 5.10 Å². The number of para-hydroxylation sites is 2. The number of benzene rings is 2. The Labute approximate surface area is 110 Å². The molecule has 0 saturated heterocycles. The number of hydrazone groups is 1. The third-order valence-corrected chi connectivity index (χ3v) is 2.54. The van der Waals surface area contributed by atoms with Crippen molar-refractivity contribution in [3.8, 4) is 0 Å². The number of hydrogen-bond donors (Lipinski definition) is 1. The van der Waals surface area contributed by atoms with E-state index in [0.717, 1.165) is 11.1 Å². The second-order valence-electron chi connectivity index (χ2n) is 4.06. The SMILES string of the molecule is Cc1cccc(/C=N\Nc2ccccc2[N+](=O)[O-])c1. The molecule has 0 unspecified atom stereocenters. The van der Waals surface area contributed by atoms with Crippen molar-refractivity contribution in [1.29, 1.82) is 0 Å². The lowest BCUT2D eigenvalue weighted by molar-refractivity contribution is -0.384. The highest BCUT2D eigenvalue weighted by molar-refractivity contribution is 5.80. The van der Waals surface area contributed by atoms with Gasteiger partial charge in [0.15, 0.2) is 0 Å². The first-order chi connectivity index (χ1) is 9.16. The molecule has 1 N–H and O–H groups in total. The van der Waals surface area contributed by atoms with Crippen molar-refractivity contribution < 1.29 is 4.92 Å². The van der Waals surface area contributed by atoms with Crippen LogP contribution in [-0.2, 0) is 0 Å². The van der Waals surface area contributed by atoms with Crippen LogP contribution in [0.5, 0.6) is 0 Å². The average Bonchev–Trinajstić information content (AvgIpc) is 2.39. The van der Waals surface area contributed by atoms with Gasteiger partial charge in [0.05, 0.1) is 11.1 Å². The lowest BCUT2D eigenvalue weighted by Crippen LogP contribution is -1.96. The number of anilines is 1. The van der Waals surface area contributed by atoms with Crippen LogP contribution in [0.3, 0.4) is 0 Å². The molecule has 0 aliphatic heterocycles. The fourth-order valence-electron chi connectivity index (χ4n) is 1.65. The summed E-state index contributed by atoms with van der Waals surface area (Å²) in [6.07, 6.45) is 1.63. The highest BCUT2D eigenvalue weighted by Crippen LogP contribution is 2.22. The van der Waals surface area contributed by atoms with Gasteiger partial charge in [-0.15, -0.1) is 0 Å². The summed E-state index contributed by atoms with van der Waals surface area (Å²) in [6.45, 7) is 1.99. The summed E-state index contributed by atoms with van der Waals surface area (Å²) < 4.78 is 0. The maximum absolute atomic E-state index is 10.8. The predicted octanol–water partition coefficient (Wildman–Crippen LogP) is 3.35. The molecule has 2 aromatic rings. The number of aryl methyl sites for hydroxylation is 1. The van der Waals surface area contributed by atoms with Gasteiger partial charge in [0.25, 0.3) is 5.69 Å². The van der Waals surface area contributed by atoms with Crippen molar-refractivity contribution in [2.24, 2.45) is 5.10 Å². The van der Waals surface area contributed by atoms with E-state index in [4.69, 9.17) is 0 Å². The minimum absolute atomic E-state index is 0.00360. The van der Waals surface area contributed by atoms with E-state index in [1.807, 2.05) is 31.2 Å². The Bertz CT molecular complexity index is 624. The molecule has 0 fully saturated rings. The summed E-state index contributed by atoms with van der Waals surface area (Å²) in [6, 6.07) is 14.2. The number of nitro groups is 1. The Balaban J connectivity index is 2.13. The molecule has 0 heterocycles. The molecule has 2 rings (SSSR count). The highest BCUT2D eigenvalue weighted by atomic mass is 16.6. The quantitative estimate of drug-likeness (QED) is 0.517. The molecular formula is C14H13N3O2. The van der Waals surface area contributed by atoms with E-state index >= 15 is 0 Å². The molecule has 19 heavy (non-hydrogen) atoms. The molecule has 96 valence electrons. The standard InChI is InChI=1S/C14H13N3O2/c1-11-5-4-6-12(9-11)10-15-16-13-7-2-3-8-14(13)17(18)19/h2-10,16H,1H3/b15-10-. The van der Waals surface area contributed by atoms with Gasteiger partial charge in [-0.25, -0.2) is 0 Å². The van der Waals surface area contributed by atoms with Gasteiger partial charge in [-0.3, -0.25) is 15.5 Å². The van der Waals surface area contributed by atoms with Crippen LogP contribution in [0.4, 0.5) is 11.4 Å². The lowest BCUT2D eigenvalue weighted by Gasteiger charge is -2.01. The molecule has 0 amide bonds. The van der Waals surface area contributed by atoms with Crippen LogP contribution < -0.4 is 5.43 Å². The summed E-state index contributed by atoms with van der Waals surface area (Å²) in [5.41, 5.74) is 5.14. The largest absolute Gasteiger partial charge is 0.294 e. The molecule has 2 aromatic carbocycles. The smallest absolute Gasteiger partial charge is 0.272 e. The molecular weight excluding hydrogens is 242 g/mol. The Morgan fingerprint density at radius 2 is 2.00 bits per heavy atom. The van der Waals surface area contributed by atoms with Gasteiger partial charge < -0.3 is 0 Å². The Hall–Kier alpha value is -2.69. The third kappa shape index (κ3) is 3.38. The van der Waals surface area contributed by atoms with Gasteiger partial charge in [-0.1, -0.05) is 42.0 Å². The predicted molar refractivity (Wildman–Crippen MR) is 75.5 cm³/mol. The first-order valence-electron chi connectivity index (χ1n) is 5.76. The van der Waals surface area contributed by atoms with E-state index < -0.39 is 4.92 Å². The minimum atomic E-state index is -0.440. The first kappa shape index (κ1) is 12.8. The van der Waals surface area contributed by atoms with Crippen molar-refractivity contribution in [3.05, 3.63) is 69.8 Å². The molecule has 5 heteroatoms. The van der Waals surface area contributed by atoms with Crippen LogP contribution in [-0.4, -0.2) is 11.1 Å². The Kier molecular flexibility index (Phi) is 3.87. The van der Waals surface area contributed by atoms with E-state index in [-0.39, 0.29) is 5.69 Å². The average molecular weight is 255 g/mol. The number of nitrogens with one attached hydrogen (secondary N) is 1. The van der Waals surface area contributed by atoms with Crippen LogP contribution >= 0.6 is 0 Å². The van der Waals surface area contributed by atoms with Crippen LogP contribution in [0.1, 0.15) is 11.1 Å². The lowest BCUT2D eigenvalue weighted by atomic mass is 10.2. The molecule has 5 nitrogen and oxygen atoms in total. The van der Waals surface area contributed by atoms with Crippen molar-refractivity contribution in [2.45, 2.75) is 6.92 Å². The van der Waals surface area contributed by atoms with Crippen molar-refractivity contribution >= 4 is 17.6 Å². The summed E-state index contributed by atoms with van der Waals surface area (Å²) in [7, 11) is 0. The topological polar surface area (TPSA) is 67.5 Å². The number of nitrogens with zero attached hydrogens (tertiary/aromatic N) is 2. The summed E-state index contributed by atoms with van der Waals surface area (Å²) in [5, 5.41) is 14.8. The first-order valence-corrected chi connectivity index (χ1v) is 5.76. The van der Waals surface area contributed by atoms with Gasteiger partial charge in [0.1, 0.15) is 5.69 Å². The van der Waals surface area contributed by atoms with E-state index in [1.165, 1.54) is 6.07 Å². The van der Waals surface area contributed by atoms with Crippen molar-refractivity contribution in [3.63, 3.8) is 0 Å². The minimum Gasteiger partial charge on any atom is -0.272 e. The van der Waals surface area contributed by atoms with Gasteiger partial charge in [-0.05, 0) is 18.6 Å². The van der Waals surface area contributed by atoms with Crippen LogP contribution in [0.15, 0.2) is 53.6 Å². The van der Waals surface area contributed by atoms with Crippen LogP contribution in [0.25, 0.3) is 0 Å². The van der Waals surface area contributed by atoms with Crippen LogP contribution in [0.2, 0.25) is 0 Å².